The van der Waals surface area contributed by atoms with Crippen LogP contribution in [0.3, 0.4) is 0 Å². The van der Waals surface area contributed by atoms with Gasteiger partial charge in [-0.3, -0.25) is 0 Å². The molecule has 0 aromatic heterocycles. The number of aryl methyl sites for hydroxylation is 1. The van der Waals surface area contributed by atoms with Crippen molar-refractivity contribution in [2.24, 2.45) is 0 Å². The number of ether oxygens (including phenoxy) is 1. The highest BCUT2D eigenvalue weighted by atomic mass is 19.2. The van der Waals surface area contributed by atoms with Crippen LogP contribution in [0.5, 0.6) is 5.75 Å². The van der Waals surface area contributed by atoms with Crippen LogP contribution < -0.4 is 4.74 Å². The van der Waals surface area contributed by atoms with E-state index in [2.05, 4.69) is 13.8 Å². The molecule has 0 amide bonds. The fourth-order valence-electron chi connectivity index (χ4n) is 4.76. The highest BCUT2D eigenvalue weighted by molar-refractivity contribution is 5.71. The summed E-state index contributed by atoms with van der Waals surface area (Å²) in [5.74, 6) is -0.567. The molecule has 0 fully saturated rings. The van der Waals surface area contributed by atoms with Gasteiger partial charge in [-0.15, -0.1) is 0 Å². The number of benzene rings is 3. The summed E-state index contributed by atoms with van der Waals surface area (Å²) in [6.45, 7) is 5.18. The third kappa shape index (κ3) is 9.29. The van der Waals surface area contributed by atoms with Crippen LogP contribution in [0.15, 0.2) is 60.7 Å². The third-order valence-corrected chi connectivity index (χ3v) is 7.11. The largest absolute Gasteiger partial charge is 0.494 e. The van der Waals surface area contributed by atoms with Crippen molar-refractivity contribution in [3.05, 3.63) is 77.9 Å². The molecule has 0 unspecified atom stereocenters. The zero-order valence-corrected chi connectivity index (χ0v) is 22.8. The number of rotatable bonds is 17. The van der Waals surface area contributed by atoms with Crippen LogP contribution in [0.1, 0.15) is 96.5 Å². The molecule has 0 aliphatic heterocycles. The topological polar surface area (TPSA) is 9.23 Å². The standard InChI is InChI=1S/C34H44F2O/c1-3-5-7-9-11-13-15-30-22-25-32(34(36)33(30)35)29-18-16-27(17-19-29)28-20-23-31(24-21-28)37-26-14-12-10-8-6-4-2/h16-25H,3-15,26H2,1-2H3. The molecule has 0 atom stereocenters. The monoisotopic (exact) mass is 506 g/mol. The quantitative estimate of drug-likeness (QED) is 0.165. The van der Waals surface area contributed by atoms with E-state index in [9.17, 15) is 8.78 Å². The Morgan fingerprint density at radius 3 is 1.65 bits per heavy atom. The van der Waals surface area contributed by atoms with Gasteiger partial charge in [0.2, 0.25) is 0 Å². The summed E-state index contributed by atoms with van der Waals surface area (Å²) in [5, 5.41) is 0. The van der Waals surface area contributed by atoms with E-state index in [0.29, 0.717) is 23.1 Å². The highest BCUT2D eigenvalue weighted by Crippen LogP contribution is 2.30. The van der Waals surface area contributed by atoms with Gasteiger partial charge in [-0.25, -0.2) is 8.78 Å². The van der Waals surface area contributed by atoms with Gasteiger partial charge < -0.3 is 4.74 Å². The molecule has 0 heterocycles. The average Bonchev–Trinajstić information content (AvgIpc) is 2.93. The van der Waals surface area contributed by atoms with Crippen molar-refractivity contribution in [2.75, 3.05) is 6.61 Å². The first kappa shape index (κ1) is 28.9. The Morgan fingerprint density at radius 2 is 1.03 bits per heavy atom. The van der Waals surface area contributed by atoms with E-state index in [4.69, 9.17) is 4.74 Å². The smallest absolute Gasteiger partial charge is 0.166 e. The molecule has 3 aromatic carbocycles. The average molecular weight is 507 g/mol. The molecule has 0 N–H and O–H groups in total. The van der Waals surface area contributed by atoms with E-state index in [1.54, 1.807) is 12.1 Å². The van der Waals surface area contributed by atoms with Crippen molar-refractivity contribution in [3.8, 4) is 28.0 Å². The van der Waals surface area contributed by atoms with Gasteiger partial charge in [0.15, 0.2) is 11.6 Å². The van der Waals surface area contributed by atoms with Crippen LogP contribution in [0.4, 0.5) is 8.78 Å². The Balaban J connectivity index is 1.53. The Bertz CT molecular complexity index is 1040. The highest BCUT2D eigenvalue weighted by Gasteiger charge is 2.14. The summed E-state index contributed by atoms with van der Waals surface area (Å²) in [6.07, 6.45) is 14.9. The molecule has 0 saturated heterocycles. The SMILES string of the molecule is CCCCCCCCOc1ccc(-c2ccc(-c3ccc(CCCCCCCC)c(F)c3F)cc2)cc1. The molecule has 0 saturated carbocycles. The molecule has 200 valence electrons. The van der Waals surface area contributed by atoms with Crippen molar-refractivity contribution in [1.82, 2.24) is 0 Å². The molecule has 37 heavy (non-hydrogen) atoms. The molecular weight excluding hydrogens is 462 g/mol. The summed E-state index contributed by atoms with van der Waals surface area (Å²) in [7, 11) is 0. The fourth-order valence-corrected chi connectivity index (χ4v) is 4.76. The molecule has 0 radical (unpaired) electrons. The molecule has 3 rings (SSSR count). The van der Waals surface area contributed by atoms with Gasteiger partial charge >= 0.3 is 0 Å². The molecule has 0 spiro atoms. The molecular formula is C34H44F2O. The lowest BCUT2D eigenvalue weighted by Gasteiger charge is -2.10. The predicted molar refractivity (Wildman–Crippen MR) is 153 cm³/mol. The third-order valence-electron chi connectivity index (χ3n) is 7.11. The van der Waals surface area contributed by atoms with Gasteiger partial charge in [-0.1, -0.05) is 127 Å². The van der Waals surface area contributed by atoms with Gasteiger partial charge in [0.05, 0.1) is 6.61 Å². The second-order valence-electron chi connectivity index (χ2n) is 10.1. The van der Waals surface area contributed by atoms with Crippen LogP contribution >= 0.6 is 0 Å². The van der Waals surface area contributed by atoms with E-state index in [0.717, 1.165) is 49.2 Å². The Hall–Kier alpha value is -2.68. The minimum absolute atomic E-state index is 0.314. The summed E-state index contributed by atoms with van der Waals surface area (Å²) in [6, 6.07) is 19.2. The molecule has 1 nitrogen and oxygen atoms in total. The zero-order valence-electron chi connectivity index (χ0n) is 22.8. The summed E-state index contributed by atoms with van der Waals surface area (Å²) >= 11 is 0. The van der Waals surface area contributed by atoms with Crippen molar-refractivity contribution in [1.29, 1.82) is 0 Å². The van der Waals surface area contributed by atoms with Crippen LogP contribution in [0.25, 0.3) is 22.3 Å². The minimum atomic E-state index is -0.747. The van der Waals surface area contributed by atoms with Crippen LogP contribution in [-0.4, -0.2) is 6.61 Å². The van der Waals surface area contributed by atoms with Gasteiger partial charge in [0.25, 0.3) is 0 Å². The van der Waals surface area contributed by atoms with E-state index >= 15 is 0 Å². The maximum Gasteiger partial charge on any atom is 0.166 e. The Morgan fingerprint density at radius 1 is 0.514 bits per heavy atom. The molecule has 0 bridgehead atoms. The second-order valence-corrected chi connectivity index (χ2v) is 10.1. The second kappa shape index (κ2) is 16.2. The number of hydrogen-bond acceptors (Lipinski definition) is 1. The summed E-state index contributed by atoms with van der Waals surface area (Å²) < 4.78 is 35.5. The lowest BCUT2D eigenvalue weighted by Crippen LogP contribution is -1.98. The zero-order chi connectivity index (χ0) is 26.3. The number of hydrogen-bond donors (Lipinski definition) is 0. The maximum absolute atomic E-state index is 14.9. The van der Waals surface area contributed by atoms with Gasteiger partial charge in [-0.05, 0) is 53.6 Å². The van der Waals surface area contributed by atoms with Crippen LogP contribution in [0.2, 0.25) is 0 Å². The van der Waals surface area contributed by atoms with Gasteiger partial charge in [0, 0.05) is 5.56 Å². The predicted octanol–water partition coefficient (Wildman–Crippen LogP) is 10.9. The van der Waals surface area contributed by atoms with Crippen molar-refractivity contribution < 1.29 is 13.5 Å². The number of halogens is 2. The van der Waals surface area contributed by atoms with Gasteiger partial charge in [0.1, 0.15) is 5.75 Å². The lowest BCUT2D eigenvalue weighted by molar-refractivity contribution is 0.304. The first-order chi connectivity index (χ1) is 18.1. The summed E-state index contributed by atoms with van der Waals surface area (Å²) in [4.78, 5) is 0. The van der Waals surface area contributed by atoms with Crippen molar-refractivity contribution >= 4 is 0 Å². The van der Waals surface area contributed by atoms with Crippen molar-refractivity contribution in [2.45, 2.75) is 97.3 Å². The fraction of sp³-hybridized carbons (Fsp3) is 0.471. The van der Waals surface area contributed by atoms with E-state index < -0.39 is 11.6 Å². The molecule has 0 aliphatic carbocycles. The summed E-state index contributed by atoms with van der Waals surface area (Å²) in [5.41, 5.74) is 3.58. The molecule has 3 heteroatoms. The van der Waals surface area contributed by atoms with E-state index in [1.165, 1.54) is 51.4 Å². The Kier molecular flexibility index (Phi) is 12.7. The maximum atomic E-state index is 14.9. The first-order valence-corrected chi connectivity index (χ1v) is 14.4. The van der Waals surface area contributed by atoms with Crippen LogP contribution in [-0.2, 0) is 6.42 Å². The van der Waals surface area contributed by atoms with E-state index in [-0.39, 0.29) is 0 Å². The minimum Gasteiger partial charge on any atom is -0.494 e. The normalized spacial score (nSPS) is 11.1. The molecule has 3 aromatic rings. The van der Waals surface area contributed by atoms with Gasteiger partial charge in [-0.2, -0.15) is 0 Å². The van der Waals surface area contributed by atoms with E-state index in [1.807, 2.05) is 48.5 Å². The molecule has 0 aliphatic rings. The first-order valence-electron chi connectivity index (χ1n) is 14.4. The Labute approximate surface area is 223 Å². The van der Waals surface area contributed by atoms with Crippen molar-refractivity contribution in [3.63, 3.8) is 0 Å². The lowest BCUT2D eigenvalue weighted by atomic mass is 9.97. The number of unbranched alkanes of at least 4 members (excludes halogenated alkanes) is 10. The van der Waals surface area contributed by atoms with Crippen LogP contribution in [0, 0.1) is 11.6 Å².